The maximum atomic E-state index is 11.6. The van der Waals surface area contributed by atoms with Crippen molar-refractivity contribution in [1.82, 2.24) is 9.78 Å². The molecular formula is C20H21N3O. The van der Waals surface area contributed by atoms with Crippen molar-refractivity contribution in [3.05, 3.63) is 48.0 Å². The standard InChI is InChI=1S/C20H21N3O/c21-20-18(13-24)19(22-23(20)17-8-2-1-3-9-17)16-11-10-14-6-4-5-7-15(14)12-16/h4-7,10-13,17H,1-3,8-9,21H2. The topological polar surface area (TPSA) is 60.9 Å². The molecule has 0 saturated heterocycles. The zero-order valence-corrected chi connectivity index (χ0v) is 13.6. The second-order valence-electron chi connectivity index (χ2n) is 6.56. The molecule has 1 saturated carbocycles. The van der Waals surface area contributed by atoms with Crippen LogP contribution in [0.5, 0.6) is 0 Å². The van der Waals surface area contributed by atoms with Crippen LogP contribution in [0.25, 0.3) is 22.0 Å². The fourth-order valence-electron chi connectivity index (χ4n) is 3.73. The Bertz CT molecular complexity index is 891. The van der Waals surface area contributed by atoms with E-state index in [0.29, 0.717) is 23.1 Å². The summed E-state index contributed by atoms with van der Waals surface area (Å²) in [5, 5.41) is 7.05. The molecule has 1 aliphatic carbocycles. The summed E-state index contributed by atoms with van der Waals surface area (Å²) in [5.74, 6) is 0.500. The number of nitrogens with zero attached hydrogens (tertiary/aromatic N) is 2. The first kappa shape index (κ1) is 14.9. The van der Waals surface area contributed by atoms with Crippen molar-refractivity contribution >= 4 is 22.9 Å². The van der Waals surface area contributed by atoms with Crippen LogP contribution in [0.4, 0.5) is 5.82 Å². The molecule has 24 heavy (non-hydrogen) atoms. The summed E-state index contributed by atoms with van der Waals surface area (Å²) in [4.78, 5) is 11.6. The summed E-state index contributed by atoms with van der Waals surface area (Å²) < 4.78 is 1.88. The second-order valence-corrected chi connectivity index (χ2v) is 6.56. The number of fused-ring (bicyclic) bond motifs is 1. The van der Waals surface area contributed by atoms with Crippen LogP contribution in [0.2, 0.25) is 0 Å². The first-order chi connectivity index (χ1) is 11.8. The zero-order chi connectivity index (χ0) is 16.5. The number of anilines is 1. The summed E-state index contributed by atoms with van der Waals surface area (Å²) in [6.45, 7) is 0. The molecular weight excluding hydrogens is 298 g/mol. The van der Waals surface area contributed by atoms with E-state index in [0.717, 1.165) is 30.1 Å². The van der Waals surface area contributed by atoms with Gasteiger partial charge in [0.25, 0.3) is 0 Å². The average molecular weight is 319 g/mol. The highest BCUT2D eigenvalue weighted by molar-refractivity contribution is 5.94. The molecule has 1 aliphatic rings. The number of carbonyl (C=O) groups excluding carboxylic acids is 1. The van der Waals surface area contributed by atoms with Crippen LogP contribution in [0, 0.1) is 0 Å². The molecule has 2 aromatic carbocycles. The van der Waals surface area contributed by atoms with Crippen molar-refractivity contribution in [3.8, 4) is 11.3 Å². The highest BCUT2D eigenvalue weighted by Crippen LogP contribution is 2.34. The van der Waals surface area contributed by atoms with Crippen LogP contribution in [0.1, 0.15) is 48.5 Å². The number of nitrogen functional groups attached to an aromatic ring is 1. The van der Waals surface area contributed by atoms with Crippen LogP contribution in [0.3, 0.4) is 0 Å². The van der Waals surface area contributed by atoms with E-state index in [9.17, 15) is 4.79 Å². The highest BCUT2D eigenvalue weighted by Gasteiger charge is 2.23. The van der Waals surface area contributed by atoms with E-state index in [2.05, 4.69) is 24.3 Å². The van der Waals surface area contributed by atoms with E-state index >= 15 is 0 Å². The molecule has 0 aliphatic heterocycles. The summed E-state index contributed by atoms with van der Waals surface area (Å²) in [6, 6.07) is 14.7. The lowest BCUT2D eigenvalue weighted by Gasteiger charge is -2.22. The molecule has 4 nitrogen and oxygen atoms in total. The van der Waals surface area contributed by atoms with Gasteiger partial charge in [-0.2, -0.15) is 5.10 Å². The number of rotatable bonds is 3. The molecule has 1 fully saturated rings. The van der Waals surface area contributed by atoms with Gasteiger partial charge in [0.05, 0.1) is 11.6 Å². The molecule has 3 aromatic rings. The minimum Gasteiger partial charge on any atom is -0.383 e. The van der Waals surface area contributed by atoms with Gasteiger partial charge in [-0.15, -0.1) is 0 Å². The van der Waals surface area contributed by atoms with Crippen molar-refractivity contribution in [1.29, 1.82) is 0 Å². The van der Waals surface area contributed by atoms with Crippen molar-refractivity contribution in [3.63, 3.8) is 0 Å². The Labute approximate surface area is 141 Å². The fraction of sp³-hybridized carbons (Fsp3) is 0.300. The Hall–Kier alpha value is -2.62. The van der Waals surface area contributed by atoms with Crippen LogP contribution in [-0.2, 0) is 0 Å². The van der Waals surface area contributed by atoms with Gasteiger partial charge in [0.1, 0.15) is 11.5 Å². The van der Waals surface area contributed by atoms with E-state index in [1.54, 1.807) is 0 Å². The molecule has 4 rings (SSSR count). The Morgan fingerprint density at radius 2 is 1.79 bits per heavy atom. The van der Waals surface area contributed by atoms with Crippen molar-refractivity contribution in [2.45, 2.75) is 38.1 Å². The van der Waals surface area contributed by atoms with Crippen LogP contribution in [0.15, 0.2) is 42.5 Å². The van der Waals surface area contributed by atoms with Crippen LogP contribution < -0.4 is 5.73 Å². The Morgan fingerprint density at radius 1 is 1.04 bits per heavy atom. The summed E-state index contributed by atoms with van der Waals surface area (Å²) in [6.07, 6.45) is 6.68. The van der Waals surface area contributed by atoms with Gasteiger partial charge in [-0.25, -0.2) is 4.68 Å². The highest BCUT2D eigenvalue weighted by atomic mass is 16.1. The van der Waals surface area contributed by atoms with Gasteiger partial charge in [0.2, 0.25) is 0 Å². The van der Waals surface area contributed by atoms with Gasteiger partial charge in [0.15, 0.2) is 6.29 Å². The Morgan fingerprint density at radius 3 is 2.54 bits per heavy atom. The van der Waals surface area contributed by atoms with Gasteiger partial charge in [0, 0.05) is 5.56 Å². The predicted octanol–water partition coefficient (Wildman–Crippen LogP) is 4.60. The quantitative estimate of drug-likeness (QED) is 0.717. The first-order valence-corrected chi connectivity index (χ1v) is 8.60. The Kier molecular flexibility index (Phi) is 3.81. The largest absolute Gasteiger partial charge is 0.383 e. The minimum atomic E-state index is 0.312. The molecule has 4 heteroatoms. The lowest BCUT2D eigenvalue weighted by Crippen LogP contribution is -2.16. The molecule has 2 N–H and O–H groups in total. The summed E-state index contributed by atoms with van der Waals surface area (Å²) in [5.41, 5.74) is 8.41. The number of carbonyl (C=O) groups is 1. The van der Waals surface area contributed by atoms with Crippen LogP contribution in [-0.4, -0.2) is 16.1 Å². The minimum absolute atomic E-state index is 0.312. The number of benzene rings is 2. The average Bonchev–Trinajstić information content (AvgIpc) is 2.98. The lowest BCUT2D eigenvalue weighted by molar-refractivity contribution is 0.112. The predicted molar refractivity (Wildman–Crippen MR) is 97.1 cm³/mol. The monoisotopic (exact) mass is 319 g/mol. The van der Waals surface area contributed by atoms with Crippen molar-refractivity contribution in [2.24, 2.45) is 0 Å². The smallest absolute Gasteiger partial charge is 0.156 e. The Balaban J connectivity index is 1.82. The fourth-order valence-corrected chi connectivity index (χ4v) is 3.73. The van der Waals surface area contributed by atoms with Gasteiger partial charge < -0.3 is 5.73 Å². The molecule has 122 valence electrons. The van der Waals surface area contributed by atoms with Crippen molar-refractivity contribution < 1.29 is 4.79 Å². The zero-order valence-electron chi connectivity index (χ0n) is 13.6. The molecule has 0 radical (unpaired) electrons. The summed E-state index contributed by atoms with van der Waals surface area (Å²) in [7, 11) is 0. The van der Waals surface area contributed by atoms with E-state index in [-0.39, 0.29) is 0 Å². The molecule has 0 unspecified atom stereocenters. The third kappa shape index (κ3) is 2.48. The van der Waals surface area contributed by atoms with Gasteiger partial charge in [-0.1, -0.05) is 55.7 Å². The third-order valence-electron chi connectivity index (χ3n) is 5.05. The van der Waals surface area contributed by atoms with E-state index < -0.39 is 0 Å². The first-order valence-electron chi connectivity index (χ1n) is 8.60. The van der Waals surface area contributed by atoms with Crippen molar-refractivity contribution in [2.75, 3.05) is 5.73 Å². The third-order valence-corrected chi connectivity index (χ3v) is 5.05. The number of nitrogens with two attached hydrogens (primary N) is 1. The van der Waals surface area contributed by atoms with E-state index in [4.69, 9.17) is 10.8 Å². The van der Waals surface area contributed by atoms with Gasteiger partial charge in [-0.3, -0.25) is 4.79 Å². The molecule has 0 atom stereocenters. The molecule has 1 heterocycles. The lowest BCUT2D eigenvalue weighted by atomic mass is 9.96. The normalized spacial score (nSPS) is 15.7. The van der Waals surface area contributed by atoms with E-state index in [1.165, 1.54) is 24.6 Å². The second kappa shape index (κ2) is 6.11. The maximum Gasteiger partial charge on any atom is 0.156 e. The van der Waals surface area contributed by atoms with E-state index in [1.807, 2.05) is 22.9 Å². The number of hydrogen-bond donors (Lipinski definition) is 1. The molecule has 0 amide bonds. The number of aromatic nitrogens is 2. The van der Waals surface area contributed by atoms with Gasteiger partial charge in [-0.05, 0) is 29.7 Å². The molecule has 0 spiro atoms. The molecule has 1 aromatic heterocycles. The maximum absolute atomic E-state index is 11.6. The SMILES string of the molecule is Nc1c(C=O)c(-c2ccc3ccccc3c2)nn1C1CCCCC1. The summed E-state index contributed by atoms with van der Waals surface area (Å²) >= 11 is 0. The van der Waals surface area contributed by atoms with Gasteiger partial charge >= 0.3 is 0 Å². The number of hydrogen-bond acceptors (Lipinski definition) is 3. The molecule has 0 bridgehead atoms. The van der Waals surface area contributed by atoms with Crippen LogP contribution >= 0.6 is 0 Å². The number of aldehydes is 1.